The normalized spacial score (nSPS) is 10.4. The van der Waals surface area contributed by atoms with Gasteiger partial charge < -0.3 is 15.8 Å². The van der Waals surface area contributed by atoms with E-state index in [1.54, 1.807) is 18.2 Å². The molecule has 0 aliphatic rings. The Labute approximate surface area is 153 Å². The minimum Gasteiger partial charge on any atom is -0.495 e. The zero-order valence-corrected chi connectivity index (χ0v) is 16.6. The number of benzene rings is 2. The van der Waals surface area contributed by atoms with Crippen LogP contribution in [0.25, 0.3) is 0 Å². The van der Waals surface area contributed by atoms with Crippen LogP contribution in [0.4, 0.5) is 11.4 Å². The van der Waals surface area contributed by atoms with E-state index in [-0.39, 0.29) is 5.91 Å². The van der Waals surface area contributed by atoms with Gasteiger partial charge in [0.25, 0.3) is 5.91 Å². The number of ether oxygens (including phenoxy) is 1. The first-order valence-corrected chi connectivity index (χ1v) is 8.61. The highest BCUT2D eigenvalue weighted by Gasteiger charge is 2.18. The van der Waals surface area contributed by atoms with Gasteiger partial charge >= 0.3 is 0 Å². The van der Waals surface area contributed by atoms with E-state index in [9.17, 15) is 4.79 Å². The van der Waals surface area contributed by atoms with Gasteiger partial charge in [0.15, 0.2) is 0 Å². The van der Waals surface area contributed by atoms with Crippen LogP contribution in [0.15, 0.2) is 37.7 Å². The number of hydrogen-bond acceptors (Lipinski definition) is 3. The highest BCUT2D eigenvalue weighted by Crippen LogP contribution is 2.34. The standard InChI is InChI=1S/C15H13Br3N2O2/c1-7-3-9(19)6-11(17)13(7)20-15(21)10-4-8(16)5-12(18)14(10)22-2/h3-6H,19H2,1-2H3,(H,20,21). The Balaban J connectivity index is 2.43. The summed E-state index contributed by atoms with van der Waals surface area (Å²) < 4.78 is 7.51. The van der Waals surface area contributed by atoms with Gasteiger partial charge in [0.2, 0.25) is 0 Å². The molecule has 0 aliphatic carbocycles. The number of aryl methyl sites for hydroxylation is 1. The number of nitrogens with two attached hydrogens (primary N) is 1. The van der Waals surface area contributed by atoms with Crippen molar-refractivity contribution in [2.75, 3.05) is 18.2 Å². The van der Waals surface area contributed by atoms with Crippen LogP contribution in [0.2, 0.25) is 0 Å². The summed E-state index contributed by atoms with van der Waals surface area (Å²) in [5.74, 6) is 0.206. The third-order valence-corrected chi connectivity index (χ3v) is 4.68. The van der Waals surface area contributed by atoms with E-state index in [2.05, 4.69) is 53.1 Å². The van der Waals surface area contributed by atoms with Crippen LogP contribution in [0.3, 0.4) is 0 Å². The Hall–Kier alpha value is -1.05. The molecule has 0 aliphatic heterocycles. The molecule has 0 bridgehead atoms. The molecule has 0 atom stereocenters. The molecule has 0 spiro atoms. The van der Waals surface area contributed by atoms with Crippen molar-refractivity contribution in [3.05, 3.63) is 48.8 Å². The van der Waals surface area contributed by atoms with Gasteiger partial charge in [0.05, 0.1) is 22.8 Å². The molecule has 3 N–H and O–H groups in total. The molecule has 22 heavy (non-hydrogen) atoms. The lowest BCUT2D eigenvalue weighted by atomic mass is 10.1. The first-order chi connectivity index (χ1) is 10.3. The Morgan fingerprint density at radius 3 is 2.41 bits per heavy atom. The zero-order chi connectivity index (χ0) is 16.4. The third-order valence-electron chi connectivity index (χ3n) is 3.01. The summed E-state index contributed by atoms with van der Waals surface area (Å²) in [4.78, 5) is 12.6. The fourth-order valence-electron chi connectivity index (χ4n) is 2.05. The second kappa shape index (κ2) is 7.02. The summed E-state index contributed by atoms with van der Waals surface area (Å²) in [6, 6.07) is 7.07. The SMILES string of the molecule is COc1c(Br)cc(Br)cc1C(=O)Nc1c(C)cc(N)cc1Br. The molecule has 0 aromatic heterocycles. The number of anilines is 2. The largest absolute Gasteiger partial charge is 0.495 e. The Morgan fingerprint density at radius 2 is 1.82 bits per heavy atom. The van der Waals surface area contributed by atoms with E-state index >= 15 is 0 Å². The highest BCUT2D eigenvalue weighted by molar-refractivity contribution is 9.11. The minimum atomic E-state index is -0.271. The number of nitrogens with one attached hydrogen (secondary N) is 1. The van der Waals surface area contributed by atoms with Crippen molar-refractivity contribution in [1.29, 1.82) is 0 Å². The molecule has 0 heterocycles. The highest BCUT2D eigenvalue weighted by atomic mass is 79.9. The van der Waals surface area contributed by atoms with Gasteiger partial charge in [-0.05, 0) is 68.6 Å². The van der Waals surface area contributed by atoms with Gasteiger partial charge in [-0.3, -0.25) is 4.79 Å². The molecule has 0 saturated heterocycles. The lowest BCUT2D eigenvalue weighted by molar-refractivity contribution is 0.102. The Bertz CT molecular complexity index is 725. The van der Waals surface area contributed by atoms with Crippen LogP contribution < -0.4 is 15.8 Å². The fourth-order valence-corrected chi connectivity index (χ4v) is 4.11. The van der Waals surface area contributed by atoms with E-state index < -0.39 is 0 Å². The van der Waals surface area contributed by atoms with Crippen molar-refractivity contribution in [2.45, 2.75) is 6.92 Å². The van der Waals surface area contributed by atoms with Gasteiger partial charge in [0.1, 0.15) is 5.75 Å². The van der Waals surface area contributed by atoms with Crippen molar-refractivity contribution in [1.82, 2.24) is 0 Å². The molecular weight excluding hydrogens is 480 g/mol. The van der Waals surface area contributed by atoms with E-state index in [0.717, 1.165) is 14.5 Å². The smallest absolute Gasteiger partial charge is 0.259 e. The van der Waals surface area contributed by atoms with Crippen LogP contribution in [0, 0.1) is 6.92 Å². The average molecular weight is 493 g/mol. The number of nitrogen functional groups attached to an aromatic ring is 1. The summed E-state index contributed by atoms with van der Waals surface area (Å²) in [5.41, 5.74) is 8.38. The molecule has 116 valence electrons. The van der Waals surface area contributed by atoms with Gasteiger partial charge in [-0.2, -0.15) is 0 Å². The number of amides is 1. The first-order valence-electron chi connectivity index (χ1n) is 6.23. The number of carbonyl (C=O) groups excluding carboxylic acids is 1. The summed E-state index contributed by atoms with van der Waals surface area (Å²) in [5, 5.41) is 2.89. The lowest BCUT2D eigenvalue weighted by Gasteiger charge is -2.14. The van der Waals surface area contributed by atoms with Crippen LogP contribution in [-0.2, 0) is 0 Å². The molecule has 0 fully saturated rings. The van der Waals surface area contributed by atoms with Gasteiger partial charge in [-0.15, -0.1) is 0 Å². The maximum Gasteiger partial charge on any atom is 0.259 e. The molecular formula is C15H13Br3N2O2. The molecule has 2 aromatic rings. The number of carbonyl (C=O) groups is 1. The van der Waals surface area contributed by atoms with E-state index in [1.165, 1.54) is 7.11 Å². The van der Waals surface area contributed by atoms with E-state index in [1.807, 2.05) is 13.0 Å². The number of halogens is 3. The van der Waals surface area contributed by atoms with Crippen molar-refractivity contribution in [3.8, 4) is 5.75 Å². The monoisotopic (exact) mass is 490 g/mol. The van der Waals surface area contributed by atoms with Crippen molar-refractivity contribution in [3.63, 3.8) is 0 Å². The Kier molecular flexibility index (Phi) is 5.52. The summed E-state index contributed by atoms with van der Waals surface area (Å²) in [6.07, 6.45) is 0. The van der Waals surface area contributed by atoms with Gasteiger partial charge in [-0.1, -0.05) is 15.9 Å². The van der Waals surface area contributed by atoms with Crippen LogP contribution in [-0.4, -0.2) is 13.0 Å². The Morgan fingerprint density at radius 1 is 1.14 bits per heavy atom. The summed E-state index contributed by atoms with van der Waals surface area (Å²) >= 11 is 10.2. The topological polar surface area (TPSA) is 64.3 Å². The first kappa shape index (κ1) is 17.3. The molecule has 7 heteroatoms. The predicted molar refractivity (Wildman–Crippen MR) is 99.6 cm³/mol. The molecule has 4 nitrogen and oxygen atoms in total. The van der Waals surface area contributed by atoms with Crippen LogP contribution in [0.1, 0.15) is 15.9 Å². The second-order valence-electron chi connectivity index (χ2n) is 4.62. The summed E-state index contributed by atoms with van der Waals surface area (Å²) in [6.45, 7) is 1.88. The van der Waals surface area contributed by atoms with Crippen molar-refractivity contribution in [2.24, 2.45) is 0 Å². The molecule has 1 amide bonds. The third kappa shape index (κ3) is 3.64. The molecule has 2 aromatic carbocycles. The van der Waals surface area contributed by atoms with Crippen molar-refractivity contribution >= 4 is 65.1 Å². The molecule has 0 radical (unpaired) electrons. The van der Waals surface area contributed by atoms with Gasteiger partial charge in [-0.25, -0.2) is 0 Å². The maximum atomic E-state index is 12.6. The number of hydrogen-bond donors (Lipinski definition) is 2. The van der Waals surface area contributed by atoms with Crippen LogP contribution >= 0.6 is 47.8 Å². The van der Waals surface area contributed by atoms with E-state index in [4.69, 9.17) is 10.5 Å². The maximum absolute atomic E-state index is 12.6. The lowest BCUT2D eigenvalue weighted by Crippen LogP contribution is -2.15. The second-order valence-corrected chi connectivity index (χ2v) is 7.24. The van der Waals surface area contributed by atoms with E-state index in [0.29, 0.717) is 27.2 Å². The zero-order valence-electron chi connectivity index (χ0n) is 11.8. The minimum absolute atomic E-state index is 0.271. The molecule has 2 rings (SSSR count). The van der Waals surface area contributed by atoms with Gasteiger partial charge in [0, 0.05) is 14.6 Å². The number of rotatable bonds is 3. The molecule has 0 unspecified atom stereocenters. The summed E-state index contributed by atoms with van der Waals surface area (Å²) in [7, 11) is 1.52. The van der Waals surface area contributed by atoms with Crippen LogP contribution in [0.5, 0.6) is 5.75 Å². The van der Waals surface area contributed by atoms with Crippen molar-refractivity contribution < 1.29 is 9.53 Å². The fraction of sp³-hybridized carbons (Fsp3) is 0.133. The quantitative estimate of drug-likeness (QED) is 0.584. The number of methoxy groups -OCH3 is 1. The molecule has 0 saturated carbocycles. The average Bonchev–Trinajstić information content (AvgIpc) is 2.41. The predicted octanol–water partition coefficient (Wildman–Crippen LogP) is 5.13.